The molecular weight excluding hydrogens is 230 g/mol. The van der Waals surface area contributed by atoms with Crippen LogP contribution < -0.4 is 12.4 Å². The topological polar surface area (TPSA) is 0 Å². The van der Waals surface area contributed by atoms with Crippen LogP contribution in [0.4, 0.5) is 0 Å². The highest BCUT2D eigenvalue weighted by Crippen LogP contribution is 2.12. The maximum Gasteiger partial charge on any atom is 0.0782 e. The summed E-state index contributed by atoms with van der Waals surface area (Å²) in [5.74, 6) is 0. The fourth-order valence-corrected chi connectivity index (χ4v) is 1.96. The van der Waals surface area contributed by atoms with Gasteiger partial charge in [0.05, 0.1) is 27.2 Å². The van der Waals surface area contributed by atoms with Crippen LogP contribution in [0.5, 0.6) is 0 Å². The van der Waals surface area contributed by atoms with Gasteiger partial charge < -0.3 is 16.9 Å². The predicted molar refractivity (Wildman–Crippen MR) is 72.2 cm³/mol. The van der Waals surface area contributed by atoms with E-state index < -0.39 is 0 Å². The minimum Gasteiger partial charge on any atom is -1.00 e. The van der Waals surface area contributed by atoms with Crippen molar-refractivity contribution in [2.45, 2.75) is 19.3 Å². The molecule has 0 bridgehead atoms. The summed E-state index contributed by atoms with van der Waals surface area (Å²) < 4.78 is 1.25. The minimum atomic E-state index is 0. The van der Waals surface area contributed by atoms with Gasteiger partial charge in [0, 0.05) is 0 Å². The van der Waals surface area contributed by atoms with Crippen molar-refractivity contribution in [3.8, 4) is 0 Å². The number of quaternary nitrogens is 1. The van der Waals surface area contributed by atoms with Gasteiger partial charge in [0.2, 0.25) is 0 Å². The molecule has 0 aromatic heterocycles. The summed E-state index contributed by atoms with van der Waals surface area (Å²) in [7, 11) is 4.64. The predicted octanol–water partition coefficient (Wildman–Crippen LogP) is 0.580. The van der Waals surface area contributed by atoms with Crippen LogP contribution in [0.2, 0.25) is 0 Å². The Morgan fingerprint density at radius 1 is 1.00 bits per heavy atom. The van der Waals surface area contributed by atoms with Crippen LogP contribution in [0.15, 0.2) is 36.9 Å². The molecule has 0 spiro atoms. The number of halogens is 1. The Hall–Kier alpha value is -0.790. The van der Waals surface area contributed by atoms with Gasteiger partial charge in [-0.3, -0.25) is 0 Å². The molecule has 1 saturated heterocycles. The molecule has 1 heterocycles. The SMILES string of the molecule is C=Cc1ccccc1.C[N+]1(C)CCCCC1.[Cl-]. The number of hydrogen-bond donors (Lipinski definition) is 0. The molecule has 1 aromatic carbocycles. The summed E-state index contributed by atoms with van der Waals surface area (Å²) in [4.78, 5) is 0. The van der Waals surface area contributed by atoms with Gasteiger partial charge in [-0.1, -0.05) is 43.0 Å². The zero-order valence-electron chi connectivity index (χ0n) is 11.0. The zero-order chi connectivity index (χ0) is 11.9. The van der Waals surface area contributed by atoms with Gasteiger partial charge in [0.15, 0.2) is 0 Å². The molecule has 96 valence electrons. The third kappa shape index (κ3) is 7.19. The van der Waals surface area contributed by atoms with E-state index in [1.165, 1.54) is 42.4 Å². The second kappa shape index (κ2) is 8.32. The van der Waals surface area contributed by atoms with E-state index in [4.69, 9.17) is 0 Å². The molecule has 2 rings (SSSR count). The van der Waals surface area contributed by atoms with Crippen LogP contribution in [0.25, 0.3) is 6.08 Å². The lowest BCUT2D eigenvalue weighted by Crippen LogP contribution is -3.00. The highest BCUT2D eigenvalue weighted by molar-refractivity contribution is 5.45. The van der Waals surface area contributed by atoms with E-state index in [1.807, 2.05) is 36.4 Å². The first-order chi connectivity index (χ1) is 7.64. The van der Waals surface area contributed by atoms with E-state index in [2.05, 4.69) is 20.7 Å². The third-order valence-electron chi connectivity index (χ3n) is 3.06. The highest BCUT2D eigenvalue weighted by atomic mass is 35.5. The summed E-state index contributed by atoms with van der Waals surface area (Å²) in [6, 6.07) is 10.0. The maximum atomic E-state index is 3.63. The second-order valence-electron chi connectivity index (χ2n) is 5.06. The Morgan fingerprint density at radius 3 is 1.82 bits per heavy atom. The van der Waals surface area contributed by atoms with Crippen LogP contribution >= 0.6 is 0 Å². The molecule has 0 amide bonds. The number of benzene rings is 1. The standard InChI is InChI=1S/C8H8.C7H16N.ClH/c1-2-8-6-4-3-5-7-8;1-8(2)6-4-3-5-7-8;/h2-7H,1H2;3-7H2,1-2H3;1H/q;+1;/p-1. The highest BCUT2D eigenvalue weighted by Gasteiger charge is 2.17. The van der Waals surface area contributed by atoms with E-state index in [0.29, 0.717) is 0 Å². The van der Waals surface area contributed by atoms with Crippen molar-refractivity contribution in [1.29, 1.82) is 0 Å². The van der Waals surface area contributed by atoms with E-state index >= 15 is 0 Å². The lowest BCUT2D eigenvalue weighted by atomic mass is 10.1. The van der Waals surface area contributed by atoms with Crippen LogP contribution in [-0.4, -0.2) is 31.7 Å². The van der Waals surface area contributed by atoms with Gasteiger partial charge in [-0.15, -0.1) is 0 Å². The molecule has 0 radical (unpaired) electrons. The summed E-state index contributed by atoms with van der Waals surface area (Å²) in [6.45, 7) is 6.41. The zero-order valence-corrected chi connectivity index (χ0v) is 11.8. The molecule has 1 aliphatic heterocycles. The molecule has 1 nitrogen and oxygen atoms in total. The number of likely N-dealkylation sites (tertiary alicyclic amines) is 1. The van der Waals surface area contributed by atoms with E-state index in [0.717, 1.165) is 0 Å². The van der Waals surface area contributed by atoms with Crippen molar-refractivity contribution in [2.24, 2.45) is 0 Å². The smallest absolute Gasteiger partial charge is 0.0782 e. The Kier molecular flexibility index (Phi) is 7.94. The molecule has 0 atom stereocenters. The molecular formula is C15H24ClN. The second-order valence-corrected chi connectivity index (χ2v) is 5.06. The van der Waals surface area contributed by atoms with Crippen molar-refractivity contribution < 1.29 is 16.9 Å². The number of piperidine rings is 1. The molecule has 0 saturated carbocycles. The van der Waals surface area contributed by atoms with Gasteiger partial charge in [-0.2, -0.15) is 0 Å². The summed E-state index contributed by atoms with van der Waals surface area (Å²) in [6.07, 6.45) is 6.17. The first-order valence-corrected chi connectivity index (χ1v) is 6.13. The fourth-order valence-electron chi connectivity index (χ4n) is 1.96. The minimum absolute atomic E-state index is 0. The maximum absolute atomic E-state index is 3.63. The quantitative estimate of drug-likeness (QED) is 0.643. The van der Waals surface area contributed by atoms with Crippen LogP contribution in [-0.2, 0) is 0 Å². The van der Waals surface area contributed by atoms with Gasteiger partial charge in [0.1, 0.15) is 0 Å². The average Bonchev–Trinajstić information content (AvgIpc) is 2.31. The van der Waals surface area contributed by atoms with Crippen LogP contribution in [0, 0.1) is 0 Å². The van der Waals surface area contributed by atoms with Gasteiger partial charge in [-0.25, -0.2) is 0 Å². The van der Waals surface area contributed by atoms with E-state index in [-0.39, 0.29) is 12.4 Å². The van der Waals surface area contributed by atoms with Crippen molar-refractivity contribution in [3.05, 3.63) is 42.5 Å². The molecule has 2 heteroatoms. The first-order valence-electron chi connectivity index (χ1n) is 6.13. The van der Waals surface area contributed by atoms with Crippen molar-refractivity contribution >= 4 is 6.08 Å². The third-order valence-corrected chi connectivity index (χ3v) is 3.06. The molecule has 0 unspecified atom stereocenters. The number of hydrogen-bond acceptors (Lipinski definition) is 0. The Bertz CT molecular complexity index is 298. The Morgan fingerprint density at radius 2 is 1.53 bits per heavy atom. The molecule has 1 aromatic rings. The lowest BCUT2D eigenvalue weighted by molar-refractivity contribution is -0.894. The first kappa shape index (κ1) is 16.2. The van der Waals surface area contributed by atoms with E-state index in [9.17, 15) is 0 Å². The lowest BCUT2D eigenvalue weighted by Gasteiger charge is -2.33. The number of rotatable bonds is 1. The van der Waals surface area contributed by atoms with Crippen molar-refractivity contribution in [1.82, 2.24) is 0 Å². The van der Waals surface area contributed by atoms with Crippen LogP contribution in [0.1, 0.15) is 24.8 Å². The van der Waals surface area contributed by atoms with Crippen molar-refractivity contribution in [3.63, 3.8) is 0 Å². The Labute approximate surface area is 112 Å². The van der Waals surface area contributed by atoms with Gasteiger partial charge >= 0.3 is 0 Å². The largest absolute Gasteiger partial charge is 1.00 e. The molecule has 1 fully saturated rings. The molecule has 1 aliphatic rings. The van der Waals surface area contributed by atoms with Crippen molar-refractivity contribution in [2.75, 3.05) is 27.2 Å². The normalized spacial score (nSPS) is 17.1. The monoisotopic (exact) mass is 253 g/mol. The Balaban J connectivity index is 0.000000284. The molecule has 0 aliphatic carbocycles. The number of nitrogens with zero attached hydrogens (tertiary/aromatic N) is 1. The van der Waals surface area contributed by atoms with Crippen LogP contribution in [0.3, 0.4) is 0 Å². The molecule has 17 heavy (non-hydrogen) atoms. The fraction of sp³-hybridized carbons (Fsp3) is 0.467. The van der Waals surface area contributed by atoms with Gasteiger partial charge in [-0.05, 0) is 24.8 Å². The summed E-state index contributed by atoms with van der Waals surface area (Å²) >= 11 is 0. The van der Waals surface area contributed by atoms with Gasteiger partial charge in [0.25, 0.3) is 0 Å². The average molecular weight is 254 g/mol. The molecule has 0 N–H and O–H groups in total. The summed E-state index contributed by atoms with van der Waals surface area (Å²) in [5.41, 5.74) is 1.17. The summed E-state index contributed by atoms with van der Waals surface area (Å²) in [5, 5.41) is 0. The van der Waals surface area contributed by atoms with E-state index in [1.54, 1.807) is 0 Å².